The molecule has 0 radical (unpaired) electrons. The van der Waals surface area contributed by atoms with Gasteiger partial charge in [-0.2, -0.15) is 0 Å². The molecule has 2 rings (SSSR count). The van der Waals surface area contributed by atoms with Gasteiger partial charge in [0.2, 0.25) is 5.91 Å². The number of hydrogen-bond donors (Lipinski definition) is 1. The molecule has 1 N–H and O–H groups in total. The molecule has 2 aromatic carbocycles. The topological polar surface area (TPSA) is 66.8 Å². The summed E-state index contributed by atoms with van der Waals surface area (Å²) < 4.78 is 5.56. The molecule has 1 amide bonds. The molecule has 0 bridgehead atoms. The monoisotopic (exact) mass is 383 g/mol. The first-order valence-electron chi connectivity index (χ1n) is 9.39. The number of carboxylic acids is 1. The maximum atomic E-state index is 11.9. The molecule has 0 saturated heterocycles. The van der Waals surface area contributed by atoms with E-state index in [-0.39, 0.29) is 5.91 Å². The highest BCUT2D eigenvalue weighted by Crippen LogP contribution is 2.37. The number of hydrogen-bond acceptors (Lipinski definition) is 3. The molecule has 28 heavy (non-hydrogen) atoms. The molecular formula is C23H29NO4. The quantitative estimate of drug-likeness (QED) is 0.769. The molecule has 0 aliphatic rings. The van der Waals surface area contributed by atoms with E-state index in [1.54, 1.807) is 38.8 Å². The SMILES string of the molecule is CCN(Cc1cc(C)ccc1-c1cc(C(C)(C)C(=O)O)ccc1OC)C(C)=O. The summed E-state index contributed by atoms with van der Waals surface area (Å²) in [5.74, 6) is -0.204. The molecule has 150 valence electrons. The van der Waals surface area contributed by atoms with Gasteiger partial charge in [0, 0.05) is 25.6 Å². The average Bonchev–Trinajstić information content (AvgIpc) is 2.65. The highest BCUT2D eigenvalue weighted by atomic mass is 16.5. The fourth-order valence-corrected chi connectivity index (χ4v) is 3.20. The Morgan fingerprint density at radius 2 is 1.79 bits per heavy atom. The number of rotatable bonds is 7. The second-order valence-corrected chi connectivity index (χ2v) is 7.54. The van der Waals surface area contributed by atoms with Crippen molar-refractivity contribution in [3.05, 3.63) is 53.1 Å². The maximum absolute atomic E-state index is 11.9. The Bertz CT molecular complexity index is 886. The van der Waals surface area contributed by atoms with Gasteiger partial charge in [-0.3, -0.25) is 9.59 Å². The zero-order valence-corrected chi connectivity index (χ0v) is 17.5. The van der Waals surface area contributed by atoms with Crippen LogP contribution < -0.4 is 4.74 Å². The summed E-state index contributed by atoms with van der Waals surface area (Å²) in [6.07, 6.45) is 0. The Labute approximate surface area is 166 Å². The van der Waals surface area contributed by atoms with Crippen molar-refractivity contribution in [2.75, 3.05) is 13.7 Å². The number of carbonyl (C=O) groups is 2. The number of aliphatic carboxylic acids is 1. The first kappa shape index (κ1) is 21.5. The lowest BCUT2D eigenvalue weighted by molar-refractivity contribution is -0.142. The third kappa shape index (κ3) is 4.35. The van der Waals surface area contributed by atoms with Gasteiger partial charge in [-0.05, 0) is 56.5 Å². The first-order chi connectivity index (χ1) is 13.1. The molecule has 0 unspecified atom stereocenters. The zero-order valence-electron chi connectivity index (χ0n) is 17.5. The van der Waals surface area contributed by atoms with Crippen molar-refractivity contribution < 1.29 is 19.4 Å². The van der Waals surface area contributed by atoms with Crippen LogP contribution in [0.25, 0.3) is 11.1 Å². The molecule has 0 heterocycles. The third-order valence-corrected chi connectivity index (χ3v) is 5.19. The summed E-state index contributed by atoms with van der Waals surface area (Å²) in [5.41, 5.74) is 3.52. The van der Waals surface area contributed by atoms with Gasteiger partial charge >= 0.3 is 5.97 Å². The highest BCUT2D eigenvalue weighted by Gasteiger charge is 2.30. The Kier molecular flexibility index (Phi) is 6.49. The van der Waals surface area contributed by atoms with Gasteiger partial charge in [-0.1, -0.05) is 29.8 Å². The van der Waals surface area contributed by atoms with Crippen molar-refractivity contribution in [2.45, 2.75) is 46.6 Å². The summed E-state index contributed by atoms with van der Waals surface area (Å²) in [5, 5.41) is 9.61. The molecule has 0 aromatic heterocycles. The van der Waals surface area contributed by atoms with Crippen LogP contribution in [0, 0.1) is 6.92 Å². The van der Waals surface area contributed by atoms with Crippen molar-refractivity contribution in [3.63, 3.8) is 0 Å². The number of nitrogens with zero attached hydrogens (tertiary/aromatic N) is 1. The first-order valence-corrected chi connectivity index (χ1v) is 9.39. The number of carbonyl (C=O) groups excluding carboxylic acids is 1. The lowest BCUT2D eigenvalue weighted by atomic mass is 9.82. The lowest BCUT2D eigenvalue weighted by Gasteiger charge is -2.24. The largest absolute Gasteiger partial charge is 0.496 e. The molecule has 0 atom stereocenters. The molecule has 5 nitrogen and oxygen atoms in total. The second-order valence-electron chi connectivity index (χ2n) is 7.54. The number of amides is 1. The zero-order chi connectivity index (χ0) is 21.1. The Morgan fingerprint density at radius 1 is 1.11 bits per heavy atom. The molecule has 0 aliphatic carbocycles. The minimum atomic E-state index is -1.03. The normalized spacial score (nSPS) is 11.2. The van der Waals surface area contributed by atoms with Gasteiger partial charge in [0.1, 0.15) is 5.75 Å². The van der Waals surface area contributed by atoms with Gasteiger partial charge in [-0.25, -0.2) is 0 Å². The smallest absolute Gasteiger partial charge is 0.313 e. The Morgan fingerprint density at radius 3 is 2.32 bits per heavy atom. The van der Waals surface area contributed by atoms with E-state index in [1.165, 1.54) is 0 Å². The van der Waals surface area contributed by atoms with Gasteiger partial charge in [0.15, 0.2) is 0 Å². The van der Waals surface area contributed by atoms with E-state index in [1.807, 2.05) is 38.1 Å². The van der Waals surface area contributed by atoms with Crippen LogP contribution in [-0.2, 0) is 21.5 Å². The van der Waals surface area contributed by atoms with Gasteiger partial charge in [0.05, 0.1) is 12.5 Å². The number of benzene rings is 2. The summed E-state index contributed by atoms with van der Waals surface area (Å²) in [6.45, 7) is 10.0. The van der Waals surface area contributed by atoms with E-state index in [2.05, 4.69) is 6.07 Å². The minimum absolute atomic E-state index is 0.0164. The predicted molar refractivity (Wildman–Crippen MR) is 111 cm³/mol. The maximum Gasteiger partial charge on any atom is 0.313 e. The van der Waals surface area contributed by atoms with E-state index in [0.29, 0.717) is 24.4 Å². The van der Waals surface area contributed by atoms with Gasteiger partial charge in [-0.15, -0.1) is 0 Å². The molecule has 2 aromatic rings. The number of carboxylic acid groups (broad SMARTS) is 1. The third-order valence-electron chi connectivity index (χ3n) is 5.19. The van der Waals surface area contributed by atoms with E-state index in [4.69, 9.17) is 4.74 Å². The van der Waals surface area contributed by atoms with E-state index in [0.717, 1.165) is 22.3 Å². The van der Waals surface area contributed by atoms with E-state index < -0.39 is 11.4 Å². The van der Waals surface area contributed by atoms with E-state index >= 15 is 0 Å². The standard InChI is InChI=1S/C23H29NO4/c1-7-24(16(3)25)14-17-12-15(2)8-10-19(17)20-13-18(9-11-21(20)28-6)23(4,5)22(26)27/h8-13H,7,14H2,1-6H3,(H,26,27). The second kappa shape index (κ2) is 8.46. The summed E-state index contributed by atoms with van der Waals surface area (Å²) >= 11 is 0. The van der Waals surface area contributed by atoms with Gasteiger partial charge in [0.25, 0.3) is 0 Å². The number of ether oxygens (including phenoxy) is 1. The van der Waals surface area contributed by atoms with Crippen LogP contribution in [0.4, 0.5) is 0 Å². The lowest BCUT2D eigenvalue weighted by Crippen LogP contribution is -2.28. The summed E-state index contributed by atoms with van der Waals surface area (Å²) in [7, 11) is 1.60. The summed E-state index contributed by atoms with van der Waals surface area (Å²) in [4.78, 5) is 25.4. The molecular weight excluding hydrogens is 354 g/mol. The highest BCUT2D eigenvalue weighted by molar-refractivity contribution is 5.83. The minimum Gasteiger partial charge on any atom is -0.496 e. The van der Waals surface area contributed by atoms with Crippen LogP contribution in [0.3, 0.4) is 0 Å². The number of aryl methyl sites for hydroxylation is 1. The van der Waals surface area contributed by atoms with Crippen LogP contribution in [0.2, 0.25) is 0 Å². The molecule has 0 saturated carbocycles. The van der Waals surface area contributed by atoms with Crippen molar-refractivity contribution in [2.24, 2.45) is 0 Å². The molecule has 0 spiro atoms. The van der Waals surface area contributed by atoms with Crippen LogP contribution in [0.15, 0.2) is 36.4 Å². The summed E-state index contributed by atoms with van der Waals surface area (Å²) in [6, 6.07) is 11.6. The molecule has 5 heteroatoms. The van der Waals surface area contributed by atoms with Crippen molar-refractivity contribution in [1.82, 2.24) is 4.90 Å². The van der Waals surface area contributed by atoms with Gasteiger partial charge < -0.3 is 14.7 Å². The van der Waals surface area contributed by atoms with Crippen LogP contribution >= 0.6 is 0 Å². The fraction of sp³-hybridized carbons (Fsp3) is 0.391. The van der Waals surface area contributed by atoms with Crippen LogP contribution in [0.1, 0.15) is 44.4 Å². The number of methoxy groups -OCH3 is 1. The average molecular weight is 383 g/mol. The van der Waals surface area contributed by atoms with Crippen molar-refractivity contribution in [3.8, 4) is 16.9 Å². The predicted octanol–water partition coefficient (Wildman–Crippen LogP) is 4.40. The Hall–Kier alpha value is -2.82. The fourth-order valence-electron chi connectivity index (χ4n) is 3.20. The molecule has 0 aliphatic heterocycles. The van der Waals surface area contributed by atoms with E-state index in [9.17, 15) is 14.7 Å². The molecule has 0 fully saturated rings. The Balaban J connectivity index is 2.66. The van der Waals surface area contributed by atoms with Crippen molar-refractivity contribution >= 4 is 11.9 Å². The van der Waals surface area contributed by atoms with Crippen LogP contribution in [0.5, 0.6) is 5.75 Å². The van der Waals surface area contributed by atoms with Crippen LogP contribution in [-0.4, -0.2) is 35.5 Å². The van der Waals surface area contributed by atoms with Crippen molar-refractivity contribution in [1.29, 1.82) is 0 Å².